The number of unbranched alkanes of at least 4 members (excludes halogenated alkanes) is 7. The second kappa shape index (κ2) is 19.3. The van der Waals surface area contributed by atoms with E-state index in [-0.39, 0.29) is 5.91 Å². The second-order valence-electron chi connectivity index (χ2n) is 10.2. The van der Waals surface area contributed by atoms with Crippen molar-refractivity contribution in [1.82, 2.24) is 5.32 Å². The fraction of sp³-hybridized carbons (Fsp3) is 0.559. The molecular weight excluding hydrogens is 470 g/mol. The average Bonchev–Trinajstić information content (AvgIpc) is 2.95. The van der Waals surface area contributed by atoms with E-state index in [9.17, 15) is 4.79 Å². The molecule has 4 nitrogen and oxygen atoms in total. The summed E-state index contributed by atoms with van der Waals surface area (Å²) in [7, 11) is 3.43. The zero-order valence-corrected chi connectivity index (χ0v) is 24.3. The minimum absolute atomic E-state index is 0.217. The fourth-order valence-corrected chi connectivity index (χ4v) is 5.10. The highest BCUT2D eigenvalue weighted by Gasteiger charge is 2.23. The van der Waals surface area contributed by atoms with Crippen LogP contribution in [0.15, 0.2) is 60.7 Å². The lowest BCUT2D eigenvalue weighted by Crippen LogP contribution is -2.23. The van der Waals surface area contributed by atoms with Gasteiger partial charge < -0.3 is 14.8 Å². The standard InChI is InChI=1S/C34H51NO3/c1-5-7-27-35-34(36)18-16-14-12-10-8-9-11-13-15-17-33(29-21-25-31(38-4)26-22-29)32(6-2)28-19-23-30(37-3)24-20-28/h13,15,19-26,32-33H,5-12,14,16-18,27H2,1-4H3,(H,35,36). The first-order valence-electron chi connectivity index (χ1n) is 14.8. The first kappa shape index (κ1) is 31.5. The quantitative estimate of drug-likeness (QED) is 0.140. The number of benzene rings is 2. The number of methoxy groups -OCH3 is 2. The lowest BCUT2D eigenvalue weighted by atomic mass is 9.78. The fourth-order valence-electron chi connectivity index (χ4n) is 5.10. The van der Waals surface area contributed by atoms with Crippen LogP contribution >= 0.6 is 0 Å². The summed E-state index contributed by atoms with van der Waals surface area (Å²) in [6.45, 7) is 5.26. The highest BCUT2D eigenvalue weighted by molar-refractivity contribution is 5.75. The van der Waals surface area contributed by atoms with Gasteiger partial charge in [-0.25, -0.2) is 0 Å². The number of hydrogen-bond donors (Lipinski definition) is 1. The van der Waals surface area contributed by atoms with E-state index in [0.29, 0.717) is 18.3 Å². The number of allylic oxidation sites excluding steroid dienone is 2. The van der Waals surface area contributed by atoms with Crippen LogP contribution in [0.3, 0.4) is 0 Å². The predicted octanol–water partition coefficient (Wildman–Crippen LogP) is 8.96. The lowest BCUT2D eigenvalue weighted by Gasteiger charge is -2.27. The maximum Gasteiger partial charge on any atom is 0.219 e. The van der Waals surface area contributed by atoms with Gasteiger partial charge in [-0.15, -0.1) is 0 Å². The lowest BCUT2D eigenvalue weighted by molar-refractivity contribution is -0.121. The summed E-state index contributed by atoms with van der Waals surface area (Å²) in [5.41, 5.74) is 2.72. The molecule has 0 heterocycles. The van der Waals surface area contributed by atoms with Crippen LogP contribution in [0.4, 0.5) is 0 Å². The van der Waals surface area contributed by atoms with Crippen molar-refractivity contribution in [3.63, 3.8) is 0 Å². The molecule has 4 heteroatoms. The summed E-state index contributed by atoms with van der Waals surface area (Å²) in [6, 6.07) is 17.2. The van der Waals surface area contributed by atoms with Crippen LogP contribution in [0.2, 0.25) is 0 Å². The summed E-state index contributed by atoms with van der Waals surface area (Å²) in [5.74, 6) is 2.87. The van der Waals surface area contributed by atoms with Gasteiger partial charge in [0.05, 0.1) is 14.2 Å². The Bertz CT molecular complexity index is 904. The molecule has 0 spiro atoms. The van der Waals surface area contributed by atoms with E-state index in [0.717, 1.165) is 63.0 Å². The number of carbonyl (C=O) groups excluding carboxylic acids is 1. The van der Waals surface area contributed by atoms with Gasteiger partial charge in [0, 0.05) is 13.0 Å². The average molecular weight is 522 g/mol. The largest absolute Gasteiger partial charge is 0.497 e. The van der Waals surface area contributed by atoms with Gasteiger partial charge in [0.25, 0.3) is 0 Å². The monoisotopic (exact) mass is 521 g/mol. The van der Waals surface area contributed by atoms with Crippen LogP contribution in [-0.2, 0) is 4.79 Å². The summed E-state index contributed by atoms with van der Waals surface area (Å²) in [5, 5.41) is 3.00. The zero-order chi connectivity index (χ0) is 27.4. The number of rotatable bonds is 20. The van der Waals surface area contributed by atoms with E-state index in [4.69, 9.17) is 9.47 Å². The molecule has 38 heavy (non-hydrogen) atoms. The second-order valence-corrected chi connectivity index (χ2v) is 10.2. The first-order chi connectivity index (χ1) is 18.6. The van der Waals surface area contributed by atoms with Crippen LogP contribution in [0.1, 0.15) is 114 Å². The topological polar surface area (TPSA) is 47.6 Å². The summed E-state index contributed by atoms with van der Waals surface area (Å²) in [4.78, 5) is 11.8. The molecule has 0 aliphatic heterocycles. The summed E-state index contributed by atoms with van der Waals surface area (Å²) < 4.78 is 10.8. The molecular formula is C34H51NO3. The van der Waals surface area contributed by atoms with Crippen molar-refractivity contribution in [2.45, 2.75) is 103 Å². The van der Waals surface area contributed by atoms with Crippen molar-refractivity contribution in [3.05, 3.63) is 71.8 Å². The molecule has 210 valence electrons. The third-order valence-electron chi connectivity index (χ3n) is 7.45. The summed E-state index contributed by atoms with van der Waals surface area (Å²) >= 11 is 0. The van der Waals surface area contributed by atoms with Crippen molar-refractivity contribution in [3.8, 4) is 11.5 Å². The molecule has 2 rings (SSSR count). The Kier molecular flexibility index (Phi) is 16.0. The molecule has 0 radical (unpaired) electrons. The number of ether oxygens (including phenoxy) is 2. The van der Waals surface area contributed by atoms with E-state index in [2.05, 4.69) is 79.8 Å². The molecule has 2 unspecified atom stereocenters. The van der Waals surface area contributed by atoms with Crippen LogP contribution in [0, 0.1) is 0 Å². The van der Waals surface area contributed by atoms with Crippen LogP contribution in [0.5, 0.6) is 11.5 Å². The Morgan fingerprint density at radius 2 is 1.29 bits per heavy atom. The molecule has 0 saturated carbocycles. The Balaban J connectivity index is 1.79. The van der Waals surface area contributed by atoms with Crippen LogP contribution in [0.25, 0.3) is 0 Å². The van der Waals surface area contributed by atoms with Crippen LogP contribution in [-0.4, -0.2) is 26.7 Å². The van der Waals surface area contributed by atoms with E-state index in [1.54, 1.807) is 14.2 Å². The van der Waals surface area contributed by atoms with Gasteiger partial charge in [-0.3, -0.25) is 4.79 Å². The third kappa shape index (κ3) is 11.8. The van der Waals surface area contributed by atoms with Crippen LogP contribution < -0.4 is 14.8 Å². The Morgan fingerprint density at radius 3 is 1.84 bits per heavy atom. The first-order valence-corrected chi connectivity index (χ1v) is 14.8. The smallest absolute Gasteiger partial charge is 0.219 e. The molecule has 0 bridgehead atoms. The number of amides is 1. The van der Waals surface area contributed by atoms with Gasteiger partial charge in [-0.05, 0) is 85.8 Å². The van der Waals surface area contributed by atoms with Gasteiger partial charge in [0.1, 0.15) is 11.5 Å². The molecule has 0 aliphatic rings. The molecule has 1 amide bonds. The highest BCUT2D eigenvalue weighted by Crippen LogP contribution is 2.39. The van der Waals surface area contributed by atoms with Crippen molar-refractivity contribution >= 4 is 5.91 Å². The van der Waals surface area contributed by atoms with Crippen molar-refractivity contribution in [2.75, 3.05) is 20.8 Å². The van der Waals surface area contributed by atoms with E-state index < -0.39 is 0 Å². The summed E-state index contributed by atoms with van der Waals surface area (Å²) in [6.07, 6.45) is 18.0. The number of nitrogens with one attached hydrogen (secondary N) is 1. The van der Waals surface area contributed by atoms with Crippen molar-refractivity contribution < 1.29 is 14.3 Å². The highest BCUT2D eigenvalue weighted by atomic mass is 16.5. The molecule has 0 aliphatic carbocycles. The SMILES string of the molecule is CCCCNC(=O)CCCCCCCCC=CCC(c1ccc(OC)cc1)C(CC)c1ccc(OC)cc1. The van der Waals surface area contributed by atoms with Crippen molar-refractivity contribution in [2.24, 2.45) is 0 Å². The van der Waals surface area contributed by atoms with E-state index in [1.807, 2.05) is 0 Å². The molecule has 1 N–H and O–H groups in total. The number of hydrogen-bond acceptors (Lipinski definition) is 3. The van der Waals surface area contributed by atoms with Gasteiger partial charge in [-0.2, -0.15) is 0 Å². The maximum atomic E-state index is 11.8. The molecule has 2 aromatic carbocycles. The predicted molar refractivity (Wildman–Crippen MR) is 160 cm³/mol. The molecule has 0 aromatic heterocycles. The maximum absolute atomic E-state index is 11.8. The minimum atomic E-state index is 0.217. The molecule has 2 atom stereocenters. The molecule has 0 saturated heterocycles. The van der Waals surface area contributed by atoms with Gasteiger partial charge >= 0.3 is 0 Å². The normalized spacial score (nSPS) is 12.8. The van der Waals surface area contributed by atoms with Gasteiger partial charge in [0.2, 0.25) is 5.91 Å². The molecule has 0 fully saturated rings. The van der Waals surface area contributed by atoms with Gasteiger partial charge in [0.15, 0.2) is 0 Å². The Labute approximate surface area is 232 Å². The Morgan fingerprint density at radius 1 is 0.737 bits per heavy atom. The molecule has 2 aromatic rings. The van der Waals surface area contributed by atoms with E-state index >= 15 is 0 Å². The minimum Gasteiger partial charge on any atom is -0.497 e. The zero-order valence-electron chi connectivity index (χ0n) is 24.3. The Hall–Kier alpha value is -2.75. The number of carbonyl (C=O) groups is 1. The van der Waals surface area contributed by atoms with E-state index in [1.165, 1.54) is 36.8 Å². The van der Waals surface area contributed by atoms with Crippen molar-refractivity contribution in [1.29, 1.82) is 0 Å². The van der Waals surface area contributed by atoms with Gasteiger partial charge in [-0.1, -0.05) is 82.4 Å². The third-order valence-corrected chi connectivity index (χ3v) is 7.45.